The zero-order valence-corrected chi connectivity index (χ0v) is 7.79. The first kappa shape index (κ1) is 10.5. The van der Waals surface area contributed by atoms with Crippen molar-refractivity contribution in [3.05, 3.63) is 0 Å². The Morgan fingerprint density at radius 2 is 2.09 bits per heavy atom. The molecule has 0 radical (unpaired) electrons. The van der Waals surface area contributed by atoms with Gasteiger partial charge in [0.15, 0.2) is 0 Å². The van der Waals surface area contributed by atoms with E-state index in [1.165, 1.54) is 7.05 Å². The van der Waals surface area contributed by atoms with Gasteiger partial charge in [-0.3, -0.25) is 13.0 Å². The van der Waals surface area contributed by atoms with Gasteiger partial charge in [-0.2, -0.15) is 0 Å². The summed E-state index contributed by atoms with van der Waals surface area (Å²) in [6, 6.07) is -0.0829. The Kier molecular flexibility index (Phi) is 4.25. The minimum Gasteiger partial charge on any atom is -0.359 e. The summed E-state index contributed by atoms with van der Waals surface area (Å²) in [5, 5.41) is 2.38. The van der Waals surface area contributed by atoms with Crippen LogP contribution in [0.5, 0.6) is 0 Å². The van der Waals surface area contributed by atoms with Crippen molar-refractivity contribution in [2.75, 3.05) is 7.05 Å². The summed E-state index contributed by atoms with van der Waals surface area (Å²) in [7, 11) is -2.41. The number of carbonyl (C=O) groups excluding carboxylic acids is 1. The molecule has 66 valence electrons. The molecule has 0 saturated carbocycles. The third-order valence-electron chi connectivity index (χ3n) is 1.30. The summed E-state index contributed by atoms with van der Waals surface area (Å²) in [5.74, 6) is -0.164. The molecule has 0 aliphatic heterocycles. The van der Waals surface area contributed by atoms with Crippen molar-refractivity contribution >= 4 is 14.6 Å². The first-order chi connectivity index (χ1) is 4.95. The molecule has 0 aromatic rings. The molecule has 1 amide bonds. The minimum atomic E-state index is -3.92. The lowest BCUT2D eigenvalue weighted by molar-refractivity contribution is -0.120. The van der Waals surface area contributed by atoms with Crippen molar-refractivity contribution in [1.29, 1.82) is 0 Å². The van der Waals surface area contributed by atoms with Gasteiger partial charge in [0.25, 0.3) is 0 Å². The topological polar surface area (TPSA) is 29.1 Å². The number of nitrogens with one attached hydrogen (secondary N) is 1. The Hall–Kier alpha value is -0.453. The van der Waals surface area contributed by atoms with E-state index in [1.807, 2.05) is 0 Å². The van der Waals surface area contributed by atoms with Crippen LogP contribution in [0.2, 0.25) is 12.6 Å². The highest BCUT2D eigenvalue weighted by molar-refractivity contribution is 6.64. The van der Waals surface area contributed by atoms with Crippen LogP contribution >= 0.6 is 0 Å². The predicted molar refractivity (Wildman–Crippen MR) is 41.9 cm³/mol. The molecular weight excluding hydrogens is 168 g/mol. The highest BCUT2D eigenvalue weighted by Crippen LogP contribution is 2.15. The van der Waals surface area contributed by atoms with E-state index in [1.54, 1.807) is 0 Å². The number of carbonyl (C=O) groups is 1. The monoisotopic (exact) mass is 181 g/mol. The SMILES string of the molecule is CNC(=O)CCC[Si](C)(F)F. The molecule has 0 rings (SSSR count). The standard InChI is InChI=1S/C6H13F2NOSi/c1-9-6(10)4-3-5-11(2,7)8/h3-5H2,1-2H3,(H,9,10). The van der Waals surface area contributed by atoms with Gasteiger partial charge in [-0.05, 0) is 19.0 Å². The van der Waals surface area contributed by atoms with Crippen molar-refractivity contribution < 1.29 is 13.0 Å². The number of hydrogen-bond acceptors (Lipinski definition) is 1. The fraction of sp³-hybridized carbons (Fsp3) is 0.833. The summed E-state index contributed by atoms with van der Waals surface area (Å²) >= 11 is 0. The third kappa shape index (κ3) is 7.44. The van der Waals surface area contributed by atoms with Gasteiger partial charge in [0.1, 0.15) is 0 Å². The van der Waals surface area contributed by atoms with E-state index in [0.29, 0.717) is 6.42 Å². The first-order valence-corrected chi connectivity index (χ1v) is 6.00. The molecule has 0 atom stereocenters. The quantitative estimate of drug-likeness (QED) is 0.517. The Bertz CT molecular complexity index is 135. The van der Waals surface area contributed by atoms with Crippen LogP contribution in [0, 0.1) is 0 Å². The van der Waals surface area contributed by atoms with E-state index in [4.69, 9.17) is 0 Å². The van der Waals surface area contributed by atoms with Crippen molar-refractivity contribution in [3.8, 4) is 0 Å². The lowest BCUT2D eigenvalue weighted by atomic mass is 10.3. The van der Waals surface area contributed by atoms with E-state index in [-0.39, 0.29) is 18.4 Å². The van der Waals surface area contributed by atoms with Crippen LogP contribution in [-0.2, 0) is 4.79 Å². The molecular formula is C6H13F2NOSi. The molecule has 0 aromatic carbocycles. The van der Waals surface area contributed by atoms with Gasteiger partial charge in [0, 0.05) is 13.5 Å². The molecule has 1 N–H and O–H groups in total. The normalized spacial score (nSPS) is 11.3. The fourth-order valence-electron chi connectivity index (χ4n) is 0.684. The summed E-state index contributed by atoms with van der Waals surface area (Å²) in [6.07, 6.45) is 0.516. The average Bonchev–Trinajstić information content (AvgIpc) is 1.85. The lowest BCUT2D eigenvalue weighted by Gasteiger charge is -2.04. The largest absolute Gasteiger partial charge is 0.422 e. The maximum absolute atomic E-state index is 12.3. The van der Waals surface area contributed by atoms with Crippen LogP contribution in [0.1, 0.15) is 12.8 Å². The average molecular weight is 181 g/mol. The van der Waals surface area contributed by atoms with Gasteiger partial charge in [0.2, 0.25) is 5.91 Å². The van der Waals surface area contributed by atoms with Crippen molar-refractivity contribution in [2.24, 2.45) is 0 Å². The number of amides is 1. The molecule has 2 nitrogen and oxygen atoms in total. The van der Waals surface area contributed by atoms with Crippen molar-refractivity contribution in [2.45, 2.75) is 25.4 Å². The van der Waals surface area contributed by atoms with Gasteiger partial charge < -0.3 is 5.32 Å². The van der Waals surface area contributed by atoms with E-state index < -0.39 is 8.74 Å². The Labute approximate surface area is 66.3 Å². The highest BCUT2D eigenvalue weighted by atomic mass is 28.4. The van der Waals surface area contributed by atoms with Crippen LogP contribution in [0.3, 0.4) is 0 Å². The smallest absolute Gasteiger partial charge is 0.359 e. The molecule has 11 heavy (non-hydrogen) atoms. The second-order valence-electron chi connectivity index (χ2n) is 2.60. The molecule has 0 aliphatic carbocycles. The van der Waals surface area contributed by atoms with E-state index in [9.17, 15) is 13.0 Å². The van der Waals surface area contributed by atoms with Crippen molar-refractivity contribution in [3.63, 3.8) is 0 Å². The van der Waals surface area contributed by atoms with Crippen LogP contribution in [0.15, 0.2) is 0 Å². The molecule has 0 heterocycles. The summed E-state index contributed by atoms with van der Waals surface area (Å²) in [4.78, 5) is 10.6. The number of halogens is 2. The van der Waals surface area contributed by atoms with Crippen molar-refractivity contribution in [1.82, 2.24) is 5.32 Å². The number of rotatable bonds is 4. The molecule has 0 aromatic heterocycles. The van der Waals surface area contributed by atoms with Crippen LogP contribution in [0.4, 0.5) is 8.22 Å². The van der Waals surface area contributed by atoms with E-state index in [2.05, 4.69) is 5.32 Å². The zero-order valence-electron chi connectivity index (χ0n) is 6.79. The van der Waals surface area contributed by atoms with Gasteiger partial charge in [-0.15, -0.1) is 0 Å². The van der Waals surface area contributed by atoms with Gasteiger partial charge >= 0.3 is 8.74 Å². The fourth-order valence-corrected chi connectivity index (χ4v) is 1.48. The maximum Gasteiger partial charge on any atom is 0.422 e. The third-order valence-corrected chi connectivity index (χ3v) is 2.53. The number of hydrogen-bond donors (Lipinski definition) is 1. The van der Waals surface area contributed by atoms with Crippen LogP contribution in [0.25, 0.3) is 0 Å². The predicted octanol–water partition coefficient (Wildman–Crippen LogP) is 1.52. The summed E-state index contributed by atoms with van der Waals surface area (Å²) < 4.78 is 24.6. The molecule has 0 bridgehead atoms. The van der Waals surface area contributed by atoms with E-state index in [0.717, 1.165) is 6.55 Å². The molecule has 0 unspecified atom stereocenters. The highest BCUT2D eigenvalue weighted by Gasteiger charge is 2.26. The van der Waals surface area contributed by atoms with Gasteiger partial charge in [-0.1, -0.05) is 0 Å². The maximum atomic E-state index is 12.3. The Morgan fingerprint density at radius 1 is 1.55 bits per heavy atom. The lowest BCUT2D eigenvalue weighted by Crippen LogP contribution is -2.20. The van der Waals surface area contributed by atoms with Crippen LogP contribution < -0.4 is 5.32 Å². The minimum absolute atomic E-state index is 0.0829. The Balaban J connectivity index is 3.35. The molecule has 0 spiro atoms. The van der Waals surface area contributed by atoms with E-state index >= 15 is 0 Å². The van der Waals surface area contributed by atoms with Gasteiger partial charge in [-0.25, -0.2) is 0 Å². The second-order valence-corrected chi connectivity index (χ2v) is 5.24. The van der Waals surface area contributed by atoms with Crippen LogP contribution in [-0.4, -0.2) is 21.7 Å². The second kappa shape index (κ2) is 4.43. The summed E-state index contributed by atoms with van der Waals surface area (Å²) in [6.45, 7) is 0.997. The molecule has 5 heteroatoms. The molecule has 0 fully saturated rings. The zero-order chi connectivity index (χ0) is 8.91. The summed E-state index contributed by atoms with van der Waals surface area (Å²) in [5.41, 5.74) is 0. The molecule has 0 aliphatic rings. The van der Waals surface area contributed by atoms with Gasteiger partial charge in [0.05, 0.1) is 0 Å². The molecule has 0 saturated heterocycles. The Morgan fingerprint density at radius 3 is 2.45 bits per heavy atom. The first-order valence-electron chi connectivity index (χ1n) is 3.54.